The number of benzene rings is 8. The second-order valence-electron chi connectivity index (χ2n) is 17.4. The molecule has 12 rings (SSSR count). The van der Waals surface area contributed by atoms with Gasteiger partial charge in [0, 0.05) is 22.4 Å². The van der Waals surface area contributed by atoms with Gasteiger partial charge in [0.15, 0.2) is 0 Å². The van der Waals surface area contributed by atoms with Crippen molar-refractivity contribution in [3.05, 3.63) is 212 Å². The van der Waals surface area contributed by atoms with Crippen molar-refractivity contribution in [3.63, 3.8) is 0 Å². The minimum absolute atomic E-state index is 0.0859. The molecule has 0 N–H and O–H groups in total. The van der Waals surface area contributed by atoms with Gasteiger partial charge in [0.1, 0.15) is 17.3 Å². The average Bonchev–Trinajstić information content (AvgIpc) is 3.88. The molecule has 0 radical (unpaired) electrons. The van der Waals surface area contributed by atoms with Crippen molar-refractivity contribution in [2.45, 2.75) is 26.2 Å². The van der Waals surface area contributed by atoms with Crippen molar-refractivity contribution in [3.8, 4) is 73.3 Å². The number of ether oxygens (including phenoxy) is 1. The van der Waals surface area contributed by atoms with Crippen molar-refractivity contribution in [2.75, 3.05) is 0 Å². The number of hydrogen-bond donors (Lipinski definition) is 0. The van der Waals surface area contributed by atoms with Crippen LogP contribution in [0.2, 0.25) is 0 Å². The molecular weight excluding hydrogens is 769 g/mol. The molecule has 0 spiro atoms. The van der Waals surface area contributed by atoms with Crippen LogP contribution in [0.3, 0.4) is 0 Å². The number of nitrogens with zero attached hydrogens (tertiary/aromatic N) is 4. The van der Waals surface area contributed by atoms with Gasteiger partial charge in [-0.1, -0.05) is 160 Å². The molecule has 0 atom stereocenters. The largest absolute Gasteiger partial charge is 0.458 e. The lowest BCUT2D eigenvalue weighted by Crippen LogP contribution is -2.30. The zero-order valence-electron chi connectivity index (χ0n) is 35.2. The van der Waals surface area contributed by atoms with Crippen LogP contribution in [0.15, 0.2) is 200 Å². The maximum Gasteiger partial charge on any atom is 0.269 e. The van der Waals surface area contributed by atoms with Crippen molar-refractivity contribution < 1.29 is 9.30 Å². The Morgan fingerprint density at radius 1 is 0.492 bits per heavy atom. The van der Waals surface area contributed by atoms with E-state index in [1.54, 1.807) is 0 Å². The summed E-state index contributed by atoms with van der Waals surface area (Å²) in [6, 6.07) is 70.9. The standard InChI is InChI=1S/C58H42N4O/c1-58(2,3)39-33-51(38-17-5-4-6-18-38)59-56(34-39)62-53-29-14-12-26-48(53)49-32-31-42(36-55(49)62)63-41-20-15-19-40(35-41)60-37-61-52-28-13-11-25-47(52)45-23-9-7-21-43(45)44-22-8-10-24-46(44)50-27-16-30-54(60)57(50)61/h4-36H,1-3H3. The Balaban J connectivity index is 0.995. The fourth-order valence-electron chi connectivity index (χ4n) is 9.44. The van der Waals surface area contributed by atoms with Gasteiger partial charge < -0.3 is 4.74 Å². The molecule has 1 aliphatic rings. The maximum atomic E-state index is 6.82. The summed E-state index contributed by atoms with van der Waals surface area (Å²) < 4.78 is 13.5. The molecule has 0 aliphatic carbocycles. The van der Waals surface area contributed by atoms with Crippen LogP contribution < -0.4 is 9.30 Å². The third-order valence-electron chi connectivity index (χ3n) is 12.5. The maximum absolute atomic E-state index is 6.82. The van der Waals surface area contributed by atoms with E-state index in [2.05, 4.69) is 229 Å². The van der Waals surface area contributed by atoms with Crippen LogP contribution in [0.4, 0.5) is 0 Å². The Morgan fingerprint density at radius 3 is 1.87 bits per heavy atom. The number of pyridine rings is 1. The quantitative estimate of drug-likeness (QED) is 0.128. The lowest BCUT2D eigenvalue weighted by atomic mass is 9.86. The van der Waals surface area contributed by atoms with Gasteiger partial charge in [0.05, 0.1) is 39.1 Å². The summed E-state index contributed by atoms with van der Waals surface area (Å²) in [6.07, 6.45) is 3.82. The van der Waals surface area contributed by atoms with Gasteiger partial charge in [0.2, 0.25) is 0 Å². The van der Waals surface area contributed by atoms with E-state index in [-0.39, 0.29) is 5.41 Å². The number of aromatic nitrogens is 4. The number of fused-ring (bicyclic) bond motifs is 10. The molecule has 4 heterocycles. The van der Waals surface area contributed by atoms with Gasteiger partial charge in [0.25, 0.3) is 6.33 Å². The van der Waals surface area contributed by atoms with E-state index in [0.29, 0.717) is 0 Å². The number of imidazole rings is 1. The molecule has 11 aromatic rings. The second-order valence-corrected chi connectivity index (χ2v) is 17.4. The van der Waals surface area contributed by atoms with Crippen LogP contribution in [0.25, 0.3) is 94.7 Å². The summed E-state index contributed by atoms with van der Waals surface area (Å²) in [7, 11) is 0. The summed E-state index contributed by atoms with van der Waals surface area (Å²) in [5.41, 5.74) is 16.6. The van der Waals surface area contributed by atoms with E-state index in [4.69, 9.17) is 9.72 Å². The number of rotatable bonds is 5. The molecule has 300 valence electrons. The lowest BCUT2D eigenvalue weighted by molar-refractivity contribution is -0.571. The Kier molecular flexibility index (Phi) is 8.35. The average molecular weight is 811 g/mol. The third kappa shape index (κ3) is 6.07. The molecule has 0 fully saturated rings. The van der Waals surface area contributed by atoms with Crippen molar-refractivity contribution in [1.82, 2.24) is 14.1 Å². The lowest BCUT2D eigenvalue weighted by Gasteiger charge is -2.21. The summed E-state index contributed by atoms with van der Waals surface area (Å²) >= 11 is 0. The van der Waals surface area contributed by atoms with Crippen LogP contribution in [0.5, 0.6) is 11.5 Å². The van der Waals surface area contributed by atoms with Crippen LogP contribution in [-0.4, -0.2) is 14.1 Å². The Bertz CT molecular complexity index is 3590. The molecule has 0 unspecified atom stereocenters. The zero-order valence-corrected chi connectivity index (χ0v) is 35.2. The van der Waals surface area contributed by atoms with E-state index in [0.717, 1.165) is 78.5 Å². The molecule has 5 heteroatoms. The van der Waals surface area contributed by atoms with Gasteiger partial charge in [-0.3, -0.25) is 13.7 Å². The molecule has 63 heavy (non-hydrogen) atoms. The first-order chi connectivity index (χ1) is 30.9. The van der Waals surface area contributed by atoms with Gasteiger partial charge in [-0.2, -0.15) is 0 Å². The molecule has 0 saturated carbocycles. The SMILES string of the molecule is CC(C)(C)c1cc(-c2ccccc2)nc(-n2c3ccccc3c3ccc(Oc4cccc(-n5[c-][n+]6c7c(cccc75)-c5ccccc5-c5ccccc5-c5ccccc5-6)c4)cc32)c1. The van der Waals surface area contributed by atoms with Crippen LogP contribution in [0.1, 0.15) is 26.3 Å². The molecule has 0 bridgehead atoms. The molecule has 3 aromatic heterocycles. The van der Waals surface area contributed by atoms with E-state index >= 15 is 0 Å². The monoisotopic (exact) mass is 810 g/mol. The Hall–Kier alpha value is -8.02. The smallest absolute Gasteiger partial charge is 0.269 e. The minimum Gasteiger partial charge on any atom is -0.458 e. The molecule has 0 amide bonds. The fraction of sp³-hybridized carbons (Fsp3) is 0.0690. The predicted octanol–water partition coefficient (Wildman–Crippen LogP) is 14.3. The fourth-order valence-corrected chi connectivity index (χ4v) is 9.44. The highest BCUT2D eigenvalue weighted by molar-refractivity contribution is 6.09. The Labute approximate surface area is 366 Å². The van der Waals surface area contributed by atoms with Crippen molar-refractivity contribution >= 4 is 32.8 Å². The Morgan fingerprint density at radius 2 is 1.10 bits per heavy atom. The van der Waals surface area contributed by atoms with E-state index in [1.807, 2.05) is 12.1 Å². The van der Waals surface area contributed by atoms with Crippen LogP contribution in [0, 0.1) is 6.33 Å². The normalized spacial score (nSPS) is 12.0. The van der Waals surface area contributed by atoms with Gasteiger partial charge in [-0.25, -0.2) is 4.98 Å². The van der Waals surface area contributed by atoms with E-state index < -0.39 is 0 Å². The summed E-state index contributed by atoms with van der Waals surface area (Å²) in [5, 5.41) is 2.31. The summed E-state index contributed by atoms with van der Waals surface area (Å²) in [5.74, 6) is 2.35. The molecular formula is C58H42N4O. The van der Waals surface area contributed by atoms with E-state index in [9.17, 15) is 0 Å². The summed E-state index contributed by atoms with van der Waals surface area (Å²) in [6.45, 7) is 6.77. The first-order valence-electron chi connectivity index (χ1n) is 21.5. The first-order valence-corrected chi connectivity index (χ1v) is 21.5. The topological polar surface area (TPSA) is 35.9 Å². The van der Waals surface area contributed by atoms with Crippen molar-refractivity contribution in [1.29, 1.82) is 0 Å². The molecule has 8 aromatic carbocycles. The molecule has 1 aliphatic heterocycles. The first kappa shape index (κ1) is 36.8. The molecule has 0 saturated heterocycles. The van der Waals surface area contributed by atoms with Gasteiger partial charge >= 0.3 is 0 Å². The van der Waals surface area contributed by atoms with Crippen LogP contribution in [-0.2, 0) is 5.41 Å². The van der Waals surface area contributed by atoms with Crippen LogP contribution >= 0.6 is 0 Å². The second kappa shape index (κ2) is 14.3. The van der Waals surface area contributed by atoms with E-state index in [1.165, 1.54) is 33.2 Å². The molecule has 5 nitrogen and oxygen atoms in total. The number of para-hydroxylation sites is 3. The predicted molar refractivity (Wildman–Crippen MR) is 256 cm³/mol. The zero-order chi connectivity index (χ0) is 42.2. The van der Waals surface area contributed by atoms with Gasteiger partial charge in [-0.05, 0) is 99.0 Å². The van der Waals surface area contributed by atoms with Gasteiger partial charge in [-0.15, -0.1) is 0 Å². The third-order valence-corrected chi connectivity index (χ3v) is 12.5. The summed E-state index contributed by atoms with van der Waals surface area (Å²) in [4.78, 5) is 5.33. The number of hydrogen-bond acceptors (Lipinski definition) is 2. The minimum atomic E-state index is -0.0859. The highest BCUT2D eigenvalue weighted by atomic mass is 16.5. The highest BCUT2D eigenvalue weighted by Gasteiger charge is 2.25. The van der Waals surface area contributed by atoms with Crippen molar-refractivity contribution in [2.24, 2.45) is 0 Å². The highest BCUT2D eigenvalue weighted by Crippen LogP contribution is 2.43.